The number of hydrogen-bond donors (Lipinski definition) is 3. The molecule has 0 saturated carbocycles. The van der Waals surface area contributed by atoms with E-state index < -0.39 is 0 Å². The van der Waals surface area contributed by atoms with Crippen LogP contribution in [0.4, 0.5) is 5.69 Å². The van der Waals surface area contributed by atoms with Crippen LogP contribution in [0.15, 0.2) is 4.99 Å². The highest BCUT2D eigenvalue weighted by molar-refractivity contribution is 5.82. The maximum Gasteiger partial charge on any atom is 0.191 e. The second-order valence-electron chi connectivity index (χ2n) is 3.73. The molecule has 0 aliphatic carbocycles. The third-order valence-corrected chi connectivity index (χ3v) is 2.86. The van der Waals surface area contributed by atoms with Crippen molar-refractivity contribution in [3.05, 3.63) is 22.3 Å². The maximum atomic E-state index is 9.91. The SMILES string of the molecule is Cc1c(C)c(C)c(N=C(N)N)c(O)c1C. The van der Waals surface area contributed by atoms with Crippen LogP contribution in [-0.2, 0) is 0 Å². The lowest BCUT2D eigenvalue weighted by atomic mass is 9.97. The van der Waals surface area contributed by atoms with Crippen molar-refractivity contribution in [1.82, 2.24) is 0 Å². The standard InChI is InChI=1S/C11H17N3O/c1-5-6(2)8(4)10(15)9(7(5)3)14-11(12)13/h15H,1-4H3,(H4,12,13,14). The second-order valence-corrected chi connectivity index (χ2v) is 3.73. The lowest BCUT2D eigenvalue weighted by molar-refractivity contribution is 0.471. The van der Waals surface area contributed by atoms with Gasteiger partial charge in [0, 0.05) is 0 Å². The fourth-order valence-corrected chi connectivity index (χ4v) is 1.54. The summed E-state index contributed by atoms with van der Waals surface area (Å²) in [6.45, 7) is 7.70. The molecule has 0 aromatic heterocycles. The fourth-order valence-electron chi connectivity index (χ4n) is 1.54. The van der Waals surface area contributed by atoms with E-state index in [1.807, 2.05) is 27.7 Å². The quantitative estimate of drug-likeness (QED) is 0.482. The van der Waals surface area contributed by atoms with E-state index >= 15 is 0 Å². The van der Waals surface area contributed by atoms with E-state index in [0.717, 1.165) is 22.3 Å². The van der Waals surface area contributed by atoms with Crippen molar-refractivity contribution < 1.29 is 5.11 Å². The van der Waals surface area contributed by atoms with Crippen molar-refractivity contribution in [1.29, 1.82) is 0 Å². The lowest BCUT2D eigenvalue weighted by Gasteiger charge is -2.14. The first-order chi connectivity index (χ1) is 6.86. The Morgan fingerprint density at radius 2 is 1.40 bits per heavy atom. The van der Waals surface area contributed by atoms with Crippen LogP contribution in [0.2, 0.25) is 0 Å². The summed E-state index contributed by atoms with van der Waals surface area (Å²) in [5, 5.41) is 9.91. The average Bonchev–Trinajstić information content (AvgIpc) is 2.18. The summed E-state index contributed by atoms with van der Waals surface area (Å²) < 4.78 is 0. The molecule has 0 bridgehead atoms. The zero-order valence-electron chi connectivity index (χ0n) is 9.55. The van der Waals surface area contributed by atoms with Gasteiger partial charge in [0.25, 0.3) is 0 Å². The molecule has 0 fully saturated rings. The Hall–Kier alpha value is -1.71. The molecule has 5 N–H and O–H groups in total. The molecule has 4 heteroatoms. The van der Waals surface area contributed by atoms with Crippen LogP contribution in [0, 0.1) is 27.7 Å². The molecule has 4 nitrogen and oxygen atoms in total. The first-order valence-electron chi connectivity index (χ1n) is 4.75. The normalized spacial score (nSPS) is 10.1. The molecule has 0 atom stereocenters. The van der Waals surface area contributed by atoms with Crippen LogP contribution in [0.3, 0.4) is 0 Å². The zero-order chi connectivity index (χ0) is 11.7. The van der Waals surface area contributed by atoms with E-state index in [0.29, 0.717) is 5.69 Å². The molecule has 0 heterocycles. The fraction of sp³-hybridized carbons (Fsp3) is 0.364. The number of aliphatic imine (C=N–C) groups is 1. The van der Waals surface area contributed by atoms with Gasteiger partial charge in [0.1, 0.15) is 11.4 Å². The van der Waals surface area contributed by atoms with Crippen molar-refractivity contribution in [2.75, 3.05) is 0 Å². The van der Waals surface area contributed by atoms with Crippen molar-refractivity contribution in [2.24, 2.45) is 16.5 Å². The van der Waals surface area contributed by atoms with Crippen LogP contribution < -0.4 is 11.5 Å². The van der Waals surface area contributed by atoms with E-state index in [1.165, 1.54) is 0 Å². The number of aromatic hydroxyl groups is 1. The van der Waals surface area contributed by atoms with Gasteiger partial charge in [0.15, 0.2) is 5.96 Å². The summed E-state index contributed by atoms with van der Waals surface area (Å²) in [6, 6.07) is 0. The smallest absolute Gasteiger partial charge is 0.191 e. The van der Waals surface area contributed by atoms with Crippen molar-refractivity contribution in [3.8, 4) is 5.75 Å². The molecule has 15 heavy (non-hydrogen) atoms. The van der Waals surface area contributed by atoms with Gasteiger partial charge in [-0.3, -0.25) is 0 Å². The minimum Gasteiger partial charge on any atom is -0.505 e. The molecule has 0 saturated heterocycles. The number of phenolic OH excluding ortho intramolecular Hbond substituents is 1. The number of benzene rings is 1. The molecule has 0 radical (unpaired) electrons. The van der Waals surface area contributed by atoms with Gasteiger partial charge >= 0.3 is 0 Å². The summed E-state index contributed by atoms with van der Waals surface area (Å²) in [7, 11) is 0. The van der Waals surface area contributed by atoms with Gasteiger partial charge in [-0.15, -0.1) is 0 Å². The molecule has 0 aliphatic rings. The highest BCUT2D eigenvalue weighted by Gasteiger charge is 2.13. The molecule has 1 rings (SSSR count). The number of rotatable bonds is 1. The molecule has 0 aliphatic heterocycles. The predicted octanol–water partition coefficient (Wildman–Crippen LogP) is 1.53. The Labute approximate surface area is 89.6 Å². The van der Waals surface area contributed by atoms with E-state index in [9.17, 15) is 5.11 Å². The van der Waals surface area contributed by atoms with Crippen molar-refractivity contribution in [3.63, 3.8) is 0 Å². The Kier molecular flexibility index (Phi) is 2.88. The minimum absolute atomic E-state index is 0.0453. The number of nitrogens with two attached hydrogens (primary N) is 2. The van der Waals surface area contributed by atoms with Gasteiger partial charge in [-0.25, -0.2) is 4.99 Å². The topological polar surface area (TPSA) is 84.6 Å². The minimum atomic E-state index is -0.0453. The Morgan fingerprint density at radius 3 is 1.87 bits per heavy atom. The maximum absolute atomic E-state index is 9.91. The summed E-state index contributed by atoms with van der Waals surface area (Å²) in [4.78, 5) is 3.94. The largest absolute Gasteiger partial charge is 0.505 e. The van der Waals surface area contributed by atoms with Gasteiger partial charge in [-0.2, -0.15) is 0 Å². The number of guanidine groups is 1. The number of hydrogen-bond acceptors (Lipinski definition) is 2. The molecule has 82 valence electrons. The highest BCUT2D eigenvalue weighted by Crippen LogP contribution is 2.37. The van der Waals surface area contributed by atoms with E-state index in [-0.39, 0.29) is 11.7 Å². The monoisotopic (exact) mass is 207 g/mol. The van der Waals surface area contributed by atoms with Crippen LogP contribution in [0.5, 0.6) is 5.75 Å². The molecule has 1 aromatic carbocycles. The van der Waals surface area contributed by atoms with Gasteiger partial charge in [0.05, 0.1) is 0 Å². The molecule has 0 unspecified atom stereocenters. The first kappa shape index (κ1) is 11.4. The van der Waals surface area contributed by atoms with Gasteiger partial charge in [0.2, 0.25) is 0 Å². The van der Waals surface area contributed by atoms with Crippen LogP contribution in [0.1, 0.15) is 22.3 Å². The second kappa shape index (κ2) is 3.81. The third kappa shape index (κ3) is 1.88. The molecular formula is C11H17N3O. The molecular weight excluding hydrogens is 190 g/mol. The molecule has 1 aromatic rings. The molecule has 0 spiro atoms. The lowest BCUT2D eigenvalue weighted by Crippen LogP contribution is -2.22. The molecule has 0 amide bonds. The third-order valence-electron chi connectivity index (χ3n) is 2.86. The van der Waals surface area contributed by atoms with Crippen LogP contribution >= 0.6 is 0 Å². The van der Waals surface area contributed by atoms with E-state index in [2.05, 4.69) is 4.99 Å². The zero-order valence-corrected chi connectivity index (χ0v) is 9.55. The number of phenols is 1. The van der Waals surface area contributed by atoms with E-state index in [4.69, 9.17) is 11.5 Å². The Morgan fingerprint density at radius 1 is 0.933 bits per heavy atom. The van der Waals surface area contributed by atoms with Crippen molar-refractivity contribution in [2.45, 2.75) is 27.7 Å². The van der Waals surface area contributed by atoms with Gasteiger partial charge < -0.3 is 16.6 Å². The van der Waals surface area contributed by atoms with Crippen LogP contribution in [-0.4, -0.2) is 11.1 Å². The first-order valence-corrected chi connectivity index (χ1v) is 4.75. The Balaban J connectivity index is 3.60. The summed E-state index contributed by atoms with van der Waals surface area (Å²) in [5.74, 6) is 0.111. The summed E-state index contributed by atoms with van der Waals surface area (Å²) >= 11 is 0. The summed E-state index contributed by atoms with van der Waals surface area (Å²) in [5.41, 5.74) is 15.0. The highest BCUT2D eigenvalue weighted by atomic mass is 16.3. The predicted molar refractivity (Wildman–Crippen MR) is 62.5 cm³/mol. The average molecular weight is 207 g/mol. The summed E-state index contributed by atoms with van der Waals surface area (Å²) in [6.07, 6.45) is 0. The Bertz CT molecular complexity index is 403. The number of nitrogens with zero attached hydrogens (tertiary/aromatic N) is 1. The van der Waals surface area contributed by atoms with Gasteiger partial charge in [-0.05, 0) is 49.9 Å². The van der Waals surface area contributed by atoms with Crippen LogP contribution in [0.25, 0.3) is 0 Å². The van der Waals surface area contributed by atoms with E-state index in [1.54, 1.807) is 0 Å². The van der Waals surface area contributed by atoms with Gasteiger partial charge in [-0.1, -0.05) is 0 Å². The van der Waals surface area contributed by atoms with Crippen molar-refractivity contribution >= 4 is 11.6 Å².